The van der Waals surface area contributed by atoms with Gasteiger partial charge in [0, 0.05) is 17.2 Å². The van der Waals surface area contributed by atoms with Gasteiger partial charge in [-0.25, -0.2) is 0 Å². The van der Waals surface area contributed by atoms with Crippen LogP contribution in [0.15, 0.2) is 30.3 Å². The van der Waals surface area contributed by atoms with Crippen LogP contribution in [0.4, 0.5) is 0 Å². The van der Waals surface area contributed by atoms with E-state index in [1.54, 1.807) is 18.2 Å². The summed E-state index contributed by atoms with van der Waals surface area (Å²) in [6, 6.07) is 8.34. The van der Waals surface area contributed by atoms with Crippen LogP contribution < -0.4 is 4.74 Å². The van der Waals surface area contributed by atoms with Crippen LogP contribution in [0.5, 0.6) is 5.75 Å². The van der Waals surface area contributed by atoms with Crippen LogP contribution in [0.2, 0.25) is 15.1 Å². The summed E-state index contributed by atoms with van der Waals surface area (Å²) in [5, 5.41) is 1.04. The van der Waals surface area contributed by atoms with E-state index in [1.807, 2.05) is 19.9 Å². The molecule has 2 aromatic carbocycles. The van der Waals surface area contributed by atoms with Crippen LogP contribution >= 0.6 is 34.8 Å². The Labute approximate surface area is 138 Å². The van der Waals surface area contributed by atoms with Gasteiger partial charge in [0.15, 0.2) is 5.78 Å². The summed E-state index contributed by atoms with van der Waals surface area (Å²) in [6.45, 7) is 4.15. The second kappa shape index (κ2) is 6.69. The van der Waals surface area contributed by atoms with Crippen molar-refractivity contribution in [2.45, 2.75) is 13.8 Å². The number of carbonyl (C=O) groups is 1. The maximum atomic E-state index is 12.6. The number of ether oxygens (including phenoxy) is 1. The third-order valence-corrected chi connectivity index (χ3v) is 4.11. The molecule has 0 aliphatic carbocycles. The Hall–Kier alpha value is -1.22. The highest BCUT2D eigenvalue weighted by Crippen LogP contribution is 2.33. The van der Waals surface area contributed by atoms with Gasteiger partial charge in [-0.1, -0.05) is 46.9 Å². The molecule has 0 atom stereocenters. The smallest absolute Gasteiger partial charge is 0.196 e. The molecule has 0 N–H and O–H groups in total. The highest BCUT2D eigenvalue weighted by atomic mass is 35.5. The third kappa shape index (κ3) is 3.34. The Morgan fingerprint density at radius 2 is 1.81 bits per heavy atom. The molecule has 0 heterocycles. The summed E-state index contributed by atoms with van der Waals surface area (Å²) in [6.07, 6.45) is 0. The molecule has 0 radical (unpaired) electrons. The molecule has 5 heteroatoms. The van der Waals surface area contributed by atoms with E-state index in [-0.39, 0.29) is 10.8 Å². The van der Waals surface area contributed by atoms with Crippen molar-refractivity contribution < 1.29 is 9.53 Å². The molecule has 0 aliphatic rings. The fraction of sp³-hybridized carbons (Fsp3) is 0.188. The van der Waals surface area contributed by atoms with Crippen LogP contribution in [-0.2, 0) is 0 Å². The molecule has 0 aromatic heterocycles. The predicted molar refractivity (Wildman–Crippen MR) is 87.3 cm³/mol. The molecule has 2 nitrogen and oxygen atoms in total. The molecular formula is C16H13Cl3O2. The van der Waals surface area contributed by atoms with Gasteiger partial charge in [0.05, 0.1) is 21.7 Å². The van der Waals surface area contributed by atoms with Crippen molar-refractivity contribution in [2.24, 2.45) is 0 Å². The Balaban J connectivity index is 2.49. The molecule has 0 unspecified atom stereocenters. The first-order chi connectivity index (χ1) is 9.95. The van der Waals surface area contributed by atoms with Gasteiger partial charge in [-0.3, -0.25) is 4.79 Å². The van der Waals surface area contributed by atoms with E-state index in [4.69, 9.17) is 39.5 Å². The number of rotatable bonds is 4. The van der Waals surface area contributed by atoms with Crippen molar-refractivity contribution in [2.75, 3.05) is 6.61 Å². The molecule has 2 aromatic rings. The van der Waals surface area contributed by atoms with Crippen molar-refractivity contribution in [3.63, 3.8) is 0 Å². The van der Waals surface area contributed by atoms with E-state index in [9.17, 15) is 4.79 Å². The fourth-order valence-corrected chi connectivity index (χ4v) is 2.61. The van der Waals surface area contributed by atoms with E-state index < -0.39 is 0 Å². The maximum Gasteiger partial charge on any atom is 0.196 e. The minimum atomic E-state index is -0.265. The molecule has 0 saturated carbocycles. The van der Waals surface area contributed by atoms with Gasteiger partial charge in [-0.05, 0) is 31.5 Å². The van der Waals surface area contributed by atoms with Gasteiger partial charge in [0.2, 0.25) is 0 Å². The van der Waals surface area contributed by atoms with Crippen molar-refractivity contribution >= 4 is 40.6 Å². The first-order valence-corrected chi connectivity index (χ1v) is 7.50. The second-order valence-electron chi connectivity index (χ2n) is 4.46. The summed E-state index contributed by atoms with van der Waals surface area (Å²) >= 11 is 18.5. The highest BCUT2D eigenvalue weighted by Gasteiger charge is 2.19. The van der Waals surface area contributed by atoms with Crippen LogP contribution in [0.25, 0.3) is 0 Å². The molecule has 0 saturated heterocycles. The molecule has 0 aliphatic heterocycles. The first-order valence-electron chi connectivity index (χ1n) is 6.37. The summed E-state index contributed by atoms with van der Waals surface area (Å²) in [5.41, 5.74) is 1.53. The van der Waals surface area contributed by atoms with Crippen molar-refractivity contribution in [3.8, 4) is 5.75 Å². The SMILES string of the molecule is CCOc1cc(Cl)c(C(=O)c2cccc(C)c2Cl)cc1Cl. The summed E-state index contributed by atoms with van der Waals surface area (Å²) in [7, 11) is 0. The van der Waals surface area contributed by atoms with Crippen LogP contribution in [0.1, 0.15) is 28.4 Å². The predicted octanol–water partition coefficient (Wildman–Crippen LogP) is 5.58. The molecular weight excluding hydrogens is 331 g/mol. The van der Waals surface area contributed by atoms with Crippen LogP contribution in [0.3, 0.4) is 0 Å². The summed E-state index contributed by atoms with van der Waals surface area (Å²) < 4.78 is 5.35. The lowest BCUT2D eigenvalue weighted by atomic mass is 10.0. The molecule has 0 spiro atoms. The normalized spacial score (nSPS) is 10.5. The number of benzene rings is 2. The number of aryl methyl sites for hydroxylation is 1. The number of hydrogen-bond donors (Lipinski definition) is 0. The first kappa shape index (κ1) is 16.2. The average Bonchev–Trinajstić information content (AvgIpc) is 2.45. The lowest BCUT2D eigenvalue weighted by molar-refractivity contribution is 0.103. The van der Waals surface area contributed by atoms with E-state index in [2.05, 4.69) is 0 Å². The van der Waals surface area contributed by atoms with Gasteiger partial charge in [-0.15, -0.1) is 0 Å². The Kier molecular flexibility index (Phi) is 5.15. The number of halogens is 3. The van der Waals surface area contributed by atoms with E-state index in [1.165, 1.54) is 6.07 Å². The Morgan fingerprint density at radius 1 is 1.10 bits per heavy atom. The molecule has 0 fully saturated rings. The number of ketones is 1. The van der Waals surface area contributed by atoms with Gasteiger partial charge < -0.3 is 4.74 Å². The monoisotopic (exact) mass is 342 g/mol. The fourth-order valence-electron chi connectivity index (χ4n) is 1.94. The molecule has 2 rings (SSSR count). The molecule has 0 amide bonds. The number of hydrogen-bond acceptors (Lipinski definition) is 2. The third-order valence-electron chi connectivity index (χ3n) is 3.00. The van der Waals surface area contributed by atoms with E-state index in [0.29, 0.717) is 33.5 Å². The van der Waals surface area contributed by atoms with Gasteiger partial charge >= 0.3 is 0 Å². The minimum Gasteiger partial charge on any atom is -0.492 e. The molecule has 21 heavy (non-hydrogen) atoms. The van der Waals surface area contributed by atoms with Crippen molar-refractivity contribution in [3.05, 3.63) is 62.1 Å². The van der Waals surface area contributed by atoms with Crippen LogP contribution in [0, 0.1) is 6.92 Å². The van der Waals surface area contributed by atoms with Gasteiger partial charge in [0.1, 0.15) is 5.75 Å². The molecule has 0 bridgehead atoms. The van der Waals surface area contributed by atoms with Crippen LogP contribution in [-0.4, -0.2) is 12.4 Å². The summed E-state index contributed by atoms with van der Waals surface area (Å²) in [4.78, 5) is 12.6. The highest BCUT2D eigenvalue weighted by molar-refractivity contribution is 6.40. The average molecular weight is 344 g/mol. The zero-order valence-electron chi connectivity index (χ0n) is 11.5. The lowest BCUT2D eigenvalue weighted by Crippen LogP contribution is -2.05. The zero-order valence-corrected chi connectivity index (χ0v) is 13.8. The largest absolute Gasteiger partial charge is 0.492 e. The lowest BCUT2D eigenvalue weighted by Gasteiger charge is -2.11. The standard InChI is InChI=1S/C16H13Cl3O2/c1-3-21-14-8-12(17)11(7-13(14)18)16(20)10-6-4-5-9(2)15(10)19/h4-8H,3H2,1-2H3. The van der Waals surface area contributed by atoms with Gasteiger partial charge in [0.25, 0.3) is 0 Å². The maximum absolute atomic E-state index is 12.6. The Morgan fingerprint density at radius 3 is 2.48 bits per heavy atom. The van der Waals surface area contributed by atoms with Gasteiger partial charge in [-0.2, -0.15) is 0 Å². The van der Waals surface area contributed by atoms with Crippen molar-refractivity contribution in [1.82, 2.24) is 0 Å². The van der Waals surface area contributed by atoms with Crippen molar-refractivity contribution in [1.29, 1.82) is 0 Å². The summed E-state index contributed by atoms with van der Waals surface area (Å²) in [5.74, 6) is 0.190. The van der Waals surface area contributed by atoms with E-state index >= 15 is 0 Å². The van der Waals surface area contributed by atoms with E-state index in [0.717, 1.165) is 5.56 Å². The second-order valence-corrected chi connectivity index (χ2v) is 5.65. The molecule has 110 valence electrons. The number of carbonyl (C=O) groups excluding carboxylic acids is 1. The Bertz CT molecular complexity index is 696. The zero-order chi connectivity index (χ0) is 15.6. The topological polar surface area (TPSA) is 26.3 Å². The minimum absolute atomic E-state index is 0.265. The quantitative estimate of drug-likeness (QED) is 0.677.